The van der Waals surface area contributed by atoms with Gasteiger partial charge in [-0.05, 0) is 12.1 Å². The summed E-state index contributed by atoms with van der Waals surface area (Å²) in [5.41, 5.74) is -0.333. The molecule has 0 saturated heterocycles. The third kappa shape index (κ3) is 3.83. The van der Waals surface area contributed by atoms with Crippen LogP contribution in [-0.2, 0) is 10.0 Å². The summed E-state index contributed by atoms with van der Waals surface area (Å²) < 4.78 is 48.8. The van der Waals surface area contributed by atoms with E-state index in [1.807, 2.05) is 0 Å². The fourth-order valence-corrected chi connectivity index (χ4v) is 2.32. The zero-order valence-corrected chi connectivity index (χ0v) is 10.6. The molecule has 0 unspecified atom stereocenters. The van der Waals surface area contributed by atoms with Gasteiger partial charge in [-0.3, -0.25) is 10.1 Å². The van der Waals surface area contributed by atoms with E-state index >= 15 is 0 Å². The largest absolute Gasteiger partial charge is 0.383 e. The van der Waals surface area contributed by atoms with Crippen LogP contribution in [0.25, 0.3) is 0 Å². The molecular weight excluding hydrogens is 284 g/mol. The molecule has 0 spiro atoms. The number of alkyl halides is 2. The van der Waals surface area contributed by atoms with Crippen molar-refractivity contribution < 1.29 is 22.1 Å². The van der Waals surface area contributed by atoms with Gasteiger partial charge in [0.2, 0.25) is 10.0 Å². The third-order valence-corrected chi connectivity index (χ3v) is 3.59. The fourth-order valence-electron chi connectivity index (χ4n) is 1.30. The van der Waals surface area contributed by atoms with Gasteiger partial charge in [-0.25, -0.2) is 21.9 Å². The summed E-state index contributed by atoms with van der Waals surface area (Å²) in [4.78, 5) is 9.54. The number of hydrogen-bond acceptors (Lipinski definition) is 5. The van der Waals surface area contributed by atoms with Crippen molar-refractivity contribution in [1.29, 1.82) is 0 Å². The number of rotatable bonds is 6. The van der Waals surface area contributed by atoms with Crippen LogP contribution in [0.5, 0.6) is 0 Å². The number of hydrogen-bond donors (Lipinski definition) is 2. The van der Waals surface area contributed by atoms with E-state index in [4.69, 9.17) is 0 Å². The minimum absolute atomic E-state index is 0.123. The van der Waals surface area contributed by atoms with E-state index in [-0.39, 0.29) is 5.69 Å². The predicted octanol–water partition coefficient (Wildman–Crippen LogP) is 1.18. The molecule has 7 nitrogen and oxygen atoms in total. The highest BCUT2D eigenvalue weighted by Crippen LogP contribution is 2.26. The summed E-state index contributed by atoms with van der Waals surface area (Å²) in [6.07, 6.45) is -2.85. The molecular formula is C9H11F2N3O4S. The molecule has 1 aromatic rings. The molecule has 0 aromatic heterocycles. The van der Waals surface area contributed by atoms with E-state index in [0.29, 0.717) is 0 Å². The standard InChI is InChI=1S/C9H11F2N3O4S/c1-12-7-3-2-6(4-8(7)14(15)16)19(17,18)13-5-9(10)11/h2-4,9,12-13H,5H2,1H3. The molecule has 0 heterocycles. The molecule has 0 bridgehead atoms. The van der Waals surface area contributed by atoms with Crippen LogP contribution < -0.4 is 10.0 Å². The normalized spacial score (nSPS) is 11.6. The summed E-state index contributed by atoms with van der Waals surface area (Å²) in [5, 5.41) is 13.3. The lowest BCUT2D eigenvalue weighted by molar-refractivity contribution is -0.384. The average Bonchev–Trinajstić information content (AvgIpc) is 2.35. The zero-order valence-electron chi connectivity index (χ0n) is 9.76. The number of nitro benzene ring substituents is 1. The van der Waals surface area contributed by atoms with Crippen LogP contribution in [0, 0.1) is 10.1 Å². The zero-order chi connectivity index (χ0) is 14.6. The average molecular weight is 295 g/mol. The molecule has 0 atom stereocenters. The van der Waals surface area contributed by atoms with Crippen molar-refractivity contribution in [1.82, 2.24) is 4.72 Å². The van der Waals surface area contributed by atoms with Gasteiger partial charge in [0.1, 0.15) is 5.69 Å². The molecule has 2 N–H and O–H groups in total. The van der Waals surface area contributed by atoms with Gasteiger partial charge in [-0.15, -0.1) is 0 Å². The first-order valence-electron chi connectivity index (χ1n) is 5.02. The second kappa shape index (κ2) is 5.89. The number of nitro groups is 1. The lowest BCUT2D eigenvalue weighted by Crippen LogP contribution is -2.28. The SMILES string of the molecule is CNc1ccc(S(=O)(=O)NCC(F)F)cc1[N+](=O)[O-]. The van der Waals surface area contributed by atoms with E-state index in [2.05, 4.69) is 5.32 Å². The Morgan fingerprint density at radius 3 is 2.53 bits per heavy atom. The summed E-state index contributed by atoms with van der Waals surface area (Å²) in [6, 6.07) is 3.08. The Hall–Kier alpha value is -1.81. The molecule has 1 aromatic carbocycles. The molecule has 1 rings (SSSR count). The quantitative estimate of drug-likeness (QED) is 0.606. The Kier molecular flexibility index (Phi) is 4.72. The summed E-state index contributed by atoms with van der Waals surface area (Å²) in [5.74, 6) is 0. The van der Waals surface area contributed by atoms with E-state index in [1.54, 1.807) is 4.72 Å². The molecule has 0 amide bonds. The van der Waals surface area contributed by atoms with E-state index in [1.165, 1.54) is 13.1 Å². The van der Waals surface area contributed by atoms with Crippen molar-refractivity contribution in [3.05, 3.63) is 28.3 Å². The first-order chi connectivity index (χ1) is 8.77. The Morgan fingerprint density at radius 1 is 1.42 bits per heavy atom. The maximum absolute atomic E-state index is 12.0. The minimum atomic E-state index is -4.20. The molecule has 106 valence electrons. The Morgan fingerprint density at radius 2 is 2.05 bits per heavy atom. The topological polar surface area (TPSA) is 101 Å². The number of halogens is 2. The maximum atomic E-state index is 12.0. The van der Waals surface area contributed by atoms with Gasteiger partial charge < -0.3 is 5.32 Å². The number of anilines is 1. The second-order valence-corrected chi connectivity index (χ2v) is 5.20. The summed E-state index contributed by atoms with van der Waals surface area (Å²) in [6.45, 7) is -1.05. The number of sulfonamides is 1. The van der Waals surface area contributed by atoms with Crippen molar-refractivity contribution >= 4 is 21.4 Å². The van der Waals surface area contributed by atoms with Crippen molar-refractivity contribution in [3.63, 3.8) is 0 Å². The van der Waals surface area contributed by atoms with Crippen LogP contribution in [0.15, 0.2) is 23.1 Å². The van der Waals surface area contributed by atoms with Crippen LogP contribution in [-0.4, -0.2) is 33.4 Å². The number of nitrogens with zero attached hydrogens (tertiary/aromatic N) is 1. The third-order valence-electron chi connectivity index (χ3n) is 2.17. The van der Waals surface area contributed by atoms with E-state index in [0.717, 1.165) is 12.1 Å². The van der Waals surface area contributed by atoms with Crippen molar-refractivity contribution in [2.75, 3.05) is 18.9 Å². The molecule has 0 aliphatic heterocycles. The van der Waals surface area contributed by atoms with Gasteiger partial charge in [-0.2, -0.15) is 0 Å². The van der Waals surface area contributed by atoms with Gasteiger partial charge in [0.05, 0.1) is 16.4 Å². The monoisotopic (exact) mass is 295 g/mol. The lowest BCUT2D eigenvalue weighted by Gasteiger charge is -2.08. The van der Waals surface area contributed by atoms with Gasteiger partial charge in [0, 0.05) is 13.1 Å². The van der Waals surface area contributed by atoms with Crippen molar-refractivity contribution in [2.24, 2.45) is 0 Å². The number of benzene rings is 1. The highest BCUT2D eigenvalue weighted by Gasteiger charge is 2.21. The molecule has 10 heteroatoms. The summed E-state index contributed by atoms with van der Waals surface area (Å²) >= 11 is 0. The molecule has 0 aliphatic rings. The molecule has 0 fully saturated rings. The smallest absolute Gasteiger partial charge is 0.293 e. The Balaban J connectivity index is 3.14. The Bertz CT molecular complexity index is 577. The van der Waals surface area contributed by atoms with Crippen LogP contribution in [0.2, 0.25) is 0 Å². The molecule has 19 heavy (non-hydrogen) atoms. The first kappa shape index (κ1) is 15.2. The first-order valence-corrected chi connectivity index (χ1v) is 6.50. The molecule has 0 saturated carbocycles. The highest BCUT2D eigenvalue weighted by molar-refractivity contribution is 7.89. The van der Waals surface area contributed by atoms with Crippen LogP contribution >= 0.6 is 0 Å². The predicted molar refractivity (Wildman–Crippen MR) is 63.8 cm³/mol. The maximum Gasteiger partial charge on any atom is 0.293 e. The second-order valence-electron chi connectivity index (χ2n) is 3.43. The van der Waals surface area contributed by atoms with Gasteiger partial charge in [0.25, 0.3) is 12.1 Å². The van der Waals surface area contributed by atoms with Gasteiger partial charge in [-0.1, -0.05) is 0 Å². The van der Waals surface area contributed by atoms with Crippen LogP contribution in [0.3, 0.4) is 0 Å². The van der Waals surface area contributed by atoms with Crippen LogP contribution in [0.1, 0.15) is 0 Å². The van der Waals surface area contributed by atoms with Gasteiger partial charge >= 0.3 is 0 Å². The molecule has 0 radical (unpaired) electrons. The van der Waals surface area contributed by atoms with Crippen molar-refractivity contribution in [2.45, 2.75) is 11.3 Å². The minimum Gasteiger partial charge on any atom is -0.383 e. The van der Waals surface area contributed by atoms with Crippen LogP contribution in [0.4, 0.5) is 20.2 Å². The van der Waals surface area contributed by atoms with Gasteiger partial charge in [0.15, 0.2) is 0 Å². The number of nitrogens with one attached hydrogen (secondary N) is 2. The van der Waals surface area contributed by atoms with E-state index in [9.17, 15) is 27.3 Å². The molecule has 0 aliphatic carbocycles. The van der Waals surface area contributed by atoms with E-state index < -0.39 is 38.5 Å². The summed E-state index contributed by atoms with van der Waals surface area (Å²) in [7, 11) is -2.76. The lowest BCUT2D eigenvalue weighted by atomic mass is 10.3. The fraction of sp³-hybridized carbons (Fsp3) is 0.333. The highest BCUT2D eigenvalue weighted by atomic mass is 32.2. The van der Waals surface area contributed by atoms with Crippen molar-refractivity contribution in [3.8, 4) is 0 Å². The Labute approximate surface area is 107 Å².